The van der Waals surface area contributed by atoms with E-state index in [1.54, 1.807) is 17.0 Å². The topological polar surface area (TPSA) is 62.6 Å². The maximum absolute atomic E-state index is 12.7. The van der Waals surface area contributed by atoms with Gasteiger partial charge in [0.25, 0.3) is 0 Å². The minimum absolute atomic E-state index is 0.0942. The summed E-state index contributed by atoms with van der Waals surface area (Å²) in [6.45, 7) is 1.14. The summed E-state index contributed by atoms with van der Waals surface area (Å²) < 4.78 is 11.2. The Hall–Kier alpha value is -2.81. The molecule has 6 heteroatoms. The zero-order valence-electron chi connectivity index (χ0n) is 15.2. The number of fused-ring (bicyclic) bond motifs is 2. The van der Waals surface area contributed by atoms with Crippen molar-refractivity contribution in [3.63, 3.8) is 0 Å². The van der Waals surface area contributed by atoms with Gasteiger partial charge in [0.2, 0.25) is 0 Å². The number of hydrogen-bond acceptors (Lipinski definition) is 4. The van der Waals surface area contributed by atoms with E-state index in [2.05, 4.69) is 6.07 Å². The van der Waals surface area contributed by atoms with Crippen LogP contribution in [0.4, 0.5) is 4.79 Å². The molecule has 2 atom stereocenters. The normalized spacial score (nSPS) is 20.9. The molecule has 142 valence electrons. The molecule has 2 unspecified atom stereocenters. The molecular formula is C22H19ClN2O3. The lowest BCUT2D eigenvalue weighted by atomic mass is 9.89. The number of rotatable bonds is 3. The summed E-state index contributed by atoms with van der Waals surface area (Å²) in [6.07, 6.45) is 2.35. The van der Waals surface area contributed by atoms with Crippen LogP contribution in [-0.4, -0.2) is 36.3 Å². The lowest BCUT2D eigenvalue weighted by Gasteiger charge is -2.43. The second kappa shape index (κ2) is 8.05. The fourth-order valence-electron chi connectivity index (χ4n) is 3.70. The molecule has 4 rings (SSSR count). The number of carbonyl (C=O) groups is 1. The average Bonchev–Trinajstić information content (AvgIpc) is 2.72. The third-order valence-electron chi connectivity index (χ3n) is 5.07. The molecule has 2 heterocycles. The largest absolute Gasteiger partial charge is 0.445 e. The monoisotopic (exact) mass is 394 g/mol. The lowest BCUT2D eigenvalue weighted by molar-refractivity contribution is -0.0342. The van der Waals surface area contributed by atoms with Crippen molar-refractivity contribution < 1.29 is 14.3 Å². The second-order valence-corrected chi connectivity index (χ2v) is 7.32. The first-order valence-corrected chi connectivity index (χ1v) is 9.51. The van der Waals surface area contributed by atoms with Crippen molar-refractivity contribution in [1.82, 2.24) is 4.90 Å². The fraction of sp³-hybridized carbons (Fsp3) is 0.273. The van der Waals surface area contributed by atoms with Crippen LogP contribution in [0.5, 0.6) is 0 Å². The van der Waals surface area contributed by atoms with Crippen LogP contribution in [-0.2, 0) is 16.1 Å². The molecule has 0 aromatic heterocycles. The number of nitrogens with zero attached hydrogens (tertiary/aromatic N) is 2. The van der Waals surface area contributed by atoms with Crippen LogP contribution in [0.2, 0.25) is 5.02 Å². The van der Waals surface area contributed by atoms with Crippen molar-refractivity contribution in [2.24, 2.45) is 0 Å². The highest BCUT2D eigenvalue weighted by atomic mass is 35.5. The number of morpholine rings is 1. The van der Waals surface area contributed by atoms with Crippen molar-refractivity contribution in [3.05, 3.63) is 76.3 Å². The summed E-state index contributed by atoms with van der Waals surface area (Å²) in [5.74, 6) is 0. The third-order valence-corrected chi connectivity index (χ3v) is 5.40. The Balaban J connectivity index is 1.52. The lowest BCUT2D eigenvalue weighted by Crippen LogP contribution is -2.56. The number of ether oxygens (including phenoxy) is 2. The Bertz CT molecular complexity index is 952. The van der Waals surface area contributed by atoms with E-state index >= 15 is 0 Å². The number of halogens is 1. The summed E-state index contributed by atoms with van der Waals surface area (Å²) in [4.78, 5) is 14.5. The molecule has 0 N–H and O–H groups in total. The minimum Gasteiger partial charge on any atom is -0.445 e. The van der Waals surface area contributed by atoms with Gasteiger partial charge in [0.1, 0.15) is 12.7 Å². The van der Waals surface area contributed by atoms with Gasteiger partial charge >= 0.3 is 6.09 Å². The van der Waals surface area contributed by atoms with Gasteiger partial charge in [-0.25, -0.2) is 4.79 Å². The molecule has 2 aliphatic rings. The van der Waals surface area contributed by atoms with Crippen molar-refractivity contribution in [3.8, 4) is 6.07 Å². The van der Waals surface area contributed by atoms with Gasteiger partial charge in [-0.3, -0.25) is 4.90 Å². The Morgan fingerprint density at radius 1 is 1.25 bits per heavy atom. The molecule has 2 bridgehead atoms. The first-order chi connectivity index (χ1) is 13.7. The molecule has 0 radical (unpaired) electrons. The zero-order valence-corrected chi connectivity index (χ0v) is 15.9. The highest BCUT2D eigenvalue weighted by molar-refractivity contribution is 6.31. The maximum atomic E-state index is 12.7. The summed E-state index contributed by atoms with van der Waals surface area (Å²) in [5.41, 5.74) is 3.45. The summed E-state index contributed by atoms with van der Waals surface area (Å²) in [7, 11) is 0. The van der Waals surface area contributed by atoms with E-state index in [1.807, 2.05) is 42.5 Å². The van der Waals surface area contributed by atoms with Gasteiger partial charge in [-0.05, 0) is 35.3 Å². The molecule has 2 aromatic carbocycles. The number of amides is 1. The molecule has 0 aliphatic carbocycles. The van der Waals surface area contributed by atoms with Crippen molar-refractivity contribution >= 4 is 23.3 Å². The van der Waals surface area contributed by atoms with Crippen LogP contribution in [0.3, 0.4) is 0 Å². The van der Waals surface area contributed by atoms with Crippen molar-refractivity contribution in [2.45, 2.75) is 25.1 Å². The van der Waals surface area contributed by atoms with E-state index in [9.17, 15) is 10.1 Å². The highest BCUT2D eigenvalue weighted by Crippen LogP contribution is 2.34. The van der Waals surface area contributed by atoms with E-state index in [0.717, 1.165) is 16.7 Å². The van der Waals surface area contributed by atoms with Gasteiger partial charge in [0.05, 0.1) is 35.9 Å². The molecule has 28 heavy (non-hydrogen) atoms. The second-order valence-electron chi connectivity index (χ2n) is 6.91. The van der Waals surface area contributed by atoms with Crippen LogP contribution in [0, 0.1) is 11.3 Å². The predicted octanol–water partition coefficient (Wildman–Crippen LogP) is 4.40. The first kappa shape index (κ1) is 18.5. The van der Waals surface area contributed by atoms with Crippen LogP contribution >= 0.6 is 11.6 Å². The molecular weight excluding hydrogens is 376 g/mol. The zero-order chi connectivity index (χ0) is 19.5. The third kappa shape index (κ3) is 3.75. The molecule has 2 aromatic rings. The van der Waals surface area contributed by atoms with Crippen LogP contribution < -0.4 is 0 Å². The Morgan fingerprint density at radius 2 is 2.07 bits per heavy atom. The van der Waals surface area contributed by atoms with Gasteiger partial charge in [-0.1, -0.05) is 54.1 Å². The molecule has 1 amide bonds. The van der Waals surface area contributed by atoms with Crippen LogP contribution in [0.15, 0.2) is 54.6 Å². The van der Waals surface area contributed by atoms with E-state index in [0.29, 0.717) is 30.2 Å². The minimum atomic E-state index is -0.328. The standard InChI is InChI=1S/C22H19ClN2O3/c23-21-7-6-16(8-18(21)11-24)17-9-19-13-27-14-20(10-17)25(19)22(26)28-12-15-4-2-1-3-5-15/h1-9,19-20H,10,12-14H2. The maximum Gasteiger partial charge on any atom is 0.411 e. The predicted molar refractivity (Wildman–Crippen MR) is 106 cm³/mol. The van der Waals surface area contributed by atoms with Crippen LogP contribution in [0.1, 0.15) is 23.1 Å². The van der Waals surface area contributed by atoms with E-state index < -0.39 is 0 Å². The summed E-state index contributed by atoms with van der Waals surface area (Å²) in [5, 5.41) is 9.67. The van der Waals surface area contributed by atoms with E-state index in [1.165, 1.54) is 0 Å². The Labute approximate surface area is 168 Å². The molecule has 1 saturated heterocycles. The molecule has 2 aliphatic heterocycles. The number of carbonyl (C=O) groups excluding carboxylic acids is 1. The Morgan fingerprint density at radius 3 is 2.82 bits per heavy atom. The molecule has 1 fully saturated rings. The quantitative estimate of drug-likeness (QED) is 0.773. The summed E-state index contributed by atoms with van der Waals surface area (Å²) in [6, 6.07) is 16.9. The van der Waals surface area contributed by atoms with E-state index in [-0.39, 0.29) is 24.8 Å². The van der Waals surface area contributed by atoms with Crippen LogP contribution in [0.25, 0.3) is 5.57 Å². The van der Waals surface area contributed by atoms with Gasteiger partial charge in [0.15, 0.2) is 0 Å². The first-order valence-electron chi connectivity index (χ1n) is 9.13. The summed E-state index contributed by atoms with van der Waals surface area (Å²) >= 11 is 6.05. The number of nitriles is 1. The smallest absolute Gasteiger partial charge is 0.411 e. The highest BCUT2D eigenvalue weighted by Gasteiger charge is 2.39. The SMILES string of the molecule is N#Cc1cc(C2=CC3COCC(C2)N3C(=O)OCc2ccccc2)ccc1Cl. The molecule has 5 nitrogen and oxygen atoms in total. The fourth-order valence-corrected chi connectivity index (χ4v) is 3.86. The van der Waals surface area contributed by atoms with Gasteiger partial charge in [0, 0.05) is 0 Å². The van der Waals surface area contributed by atoms with E-state index in [4.69, 9.17) is 21.1 Å². The number of benzene rings is 2. The van der Waals surface area contributed by atoms with Crippen molar-refractivity contribution in [2.75, 3.05) is 13.2 Å². The average molecular weight is 395 g/mol. The van der Waals surface area contributed by atoms with Crippen molar-refractivity contribution in [1.29, 1.82) is 5.26 Å². The van der Waals surface area contributed by atoms with Gasteiger partial charge in [-0.2, -0.15) is 5.26 Å². The molecule has 0 saturated carbocycles. The van der Waals surface area contributed by atoms with Gasteiger partial charge < -0.3 is 9.47 Å². The number of hydrogen-bond donors (Lipinski definition) is 0. The Kier molecular flexibility index (Phi) is 5.34. The molecule has 0 spiro atoms. The van der Waals surface area contributed by atoms with Gasteiger partial charge in [-0.15, -0.1) is 0 Å².